The topological polar surface area (TPSA) is 63.1 Å². The first-order valence-corrected chi connectivity index (χ1v) is 5.78. The molecular weight excluding hydrogens is 240 g/mol. The van der Waals surface area contributed by atoms with Crippen LogP contribution in [0.3, 0.4) is 0 Å². The van der Waals surface area contributed by atoms with E-state index in [0.717, 1.165) is 22.0 Å². The van der Waals surface area contributed by atoms with Crippen molar-refractivity contribution in [2.75, 3.05) is 0 Å². The van der Waals surface area contributed by atoms with E-state index >= 15 is 0 Å². The normalized spacial score (nSPS) is 10.5. The molecule has 19 heavy (non-hydrogen) atoms. The molecule has 2 aromatic heterocycles. The van der Waals surface area contributed by atoms with Crippen molar-refractivity contribution in [2.24, 2.45) is 0 Å². The Morgan fingerprint density at radius 2 is 1.95 bits per heavy atom. The van der Waals surface area contributed by atoms with Crippen LogP contribution in [0.1, 0.15) is 10.4 Å². The van der Waals surface area contributed by atoms with Crippen molar-refractivity contribution in [3.8, 4) is 11.1 Å². The highest BCUT2D eigenvalue weighted by atomic mass is 16.4. The van der Waals surface area contributed by atoms with Crippen LogP contribution in [0.15, 0.2) is 55.0 Å². The lowest BCUT2D eigenvalue weighted by Crippen LogP contribution is -1.98. The molecule has 1 N–H and O–H groups in total. The van der Waals surface area contributed by atoms with Gasteiger partial charge >= 0.3 is 5.97 Å². The summed E-state index contributed by atoms with van der Waals surface area (Å²) in [5.74, 6) is -0.948. The molecule has 0 saturated carbocycles. The summed E-state index contributed by atoms with van der Waals surface area (Å²) in [6.07, 6.45) is 5.08. The van der Waals surface area contributed by atoms with E-state index in [2.05, 4.69) is 9.97 Å². The lowest BCUT2D eigenvalue weighted by Gasteiger charge is -2.07. The maximum Gasteiger partial charge on any atom is 0.335 e. The third-order valence-electron chi connectivity index (χ3n) is 2.92. The number of carboxylic acid groups (broad SMARTS) is 1. The summed E-state index contributed by atoms with van der Waals surface area (Å²) in [6, 6.07) is 10.6. The molecule has 0 atom stereocenters. The average Bonchev–Trinajstić information content (AvgIpc) is 2.47. The average molecular weight is 250 g/mol. The van der Waals surface area contributed by atoms with Crippen molar-refractivity contribution in [2.45, 2.75) is 0 Å². The lowest BCUT2D eigenvalue weighted by molar-refractivity contribution is 0.0697. The van der Waals surface area contributed by atoms with Crippen LogP contribution in [-0.2, 0) is 0 Å². The monoisotopic (exact) mass is 250 g/mol. The smallest absolute Gasteiger partial charge is 0.335 e. The van der Waals surface area contributed by atoms with Crippen LogP contribution in [0.4, 0.5) is 0 Å². The summed E-state index contributed by atoms with van der Waals surface area (Å²) in [4.78, 5) is 19.6. The number of fused-ring (bicyclic) bond motifs is 1. The number of benzene rings is 1. The predicted molar refractivity (Wildman–Crippen MR) is 71.9 cm³/mol. The van der Waals surface area contributed by atoms with Crippen molar-refractivity contribution < 1.29 is 9.90 Å². The lowest BCUT2D eigenvalue weighted by atomic mass is 10.0. The molecule has 0 spiro atoms. The molecule has 3 aromatic rings. The maximum absolute atomic E-state index is 11.2. The summed E-state index contributed by atoms with van der Waals surface area (Å²) in [7, 11) is 0. The molecule has 3 rings (SSSR count). The van der Waals surface area contributed by atoms with Gasteiger partial charge in [0.1, 0.15) is 0 Å². The van der Waals surface area contributed by atoms with Crippen LogP contribution >= 0.6 is 0 Å². The highest BCUT2D eigenvalue weighted by Crippen LogP contribution is 2.28. The van der Waals surface area contributed by atoms with E-state index in [0.29, 0.717) is 0 Å². The number of pyridine rings is 2. The zero-order chi connectivity index (χ0) is 13.2. The van der Waals surface area contributed by atoms with E-state index in [4.69, 9.17) is 0 Å². The quantitative estimate of drug-likeness (QED) is 0.759. The molecule has 0 radical (unpaired) electrons. The van der Waals surface area contributed by atoms with Crippen LogP contribution in [0, 0.1) is 0 Å². The number of hydrogen-bond donors (Lipinski definition) is 1. The number of aromatic carboxylic acids is 1. The molecule has 0 aliphatic heterocycles. The van der Waals surface area contributed by atoms with Crippen LogP contribution in [0.5, 0.6) is 0 Å². The van der Waals surface area contributed by atoms with Crippen molar-refractivity contribution in [1.82, 2.24) is 9.97 Å². The molecule has 0 aliphatic rings. The van der Waals surface area contributed by atoms with Crippen molar-refractivity contribution in [1.29, 1.82) is 0 Å². The Morgan fingerprint density at radius 3 is 2.68 bits per heavy atom. The van der Waals surface area contributed by atoms with Crippen LogP contribution in [0.25, 0.3) is 22.0 Å². The van der Waals surface area contributed by atoms with E-state index in [1.165, 1.54) is 0 Å². The number of nitrogens with zero attached hydrogens (tertiary/aromatic N) is 2. The van der Waals surface area contributed by atoms with Gasteiger partial charge in [-0.15, -0.1) is 0 Å². The number of rotatable bonds is 2. The summed E-state index contributed by atoms with van der Waals surface area (Å²) < 4.78 is 0. The molecule has 92 valence electrons. The first-order chi connectivity index (χ1) is 9.25. The Kier molecular flexibility index (Phi) is 2.68. The number of aromatic nitrogens is 2. The molecule has 0 amide bonds. The first-order valence-electron chi connectivity index (χ1n) is 5.78. The summed E-state index contributed by atoms with van der Waals surface area (Å²) in [5.41, 5.74) is 2.66. The van der Waals surface area contributed by atoms with Gasteiger partial charge in [-0.3, -0.25) is 9.97 Å². The zero-order valence-corrected chi connectivity index (χ0v) is 9.95. The highest BCUT2D eigenvalue weighted by molar-refractivity contribution is 6.00. The molecule has 0 fully saturated rings. The van der Waals surface area contributed by atoms with Crippen molar-refractivity contribution in [3.05, 3.63) is 60.6 Å². The fourth-order valence-corrected chi connectivity index (χ4v) is 2.06. The standard InChI is InChI=1S/C15H10N2O2/c18-15(19)12-7-10-3-2-6-17-14(10)13(8-12)11-4-1-5-16-9-11/h1-9H,(H,18,19). The minimum Gasteiger partial charge on any atom is -0.478 e. The number of carboxylic acids is 1. The number of carbonyl (C=O) groups is 1. The second-order valence-electron chi connectivity index (χ2n) is 4.15. The second kappa shape index (κ2) is 4.49. The minimum atomic E-state index is -0.948. The Balaban J connectivity index is 2.36. The van der Waals surface area contributed by atoms with E-state index < -0.39 is 5.97 Å². The fraction of sp³-hybridized carbons (Fsp3) is 0. The highest BCUT2D eigenvalue weighted by Gasteiger charge is 2.11. The van der Waals surface area contributed by atoms with Gasteiger partial charge in [-0.25, -0.2) is 4.79 Å². The van der Waals surface area contributed by atoms with Gasteiger partial charge in [-0.2, -0.15) is 0 Å². The van der Waals surface area contributed by atoms with E-state index in [9.17, 15) is 9.90 Å². The molecule has 0 aliphatic carbocycles. The van der Waals surface area contributed by atoms with Gasteiger partial charge in [0.15, 0.2) is 0 Å². The van der Waals surface area contributed by atoms with Gasteiger partial charge in [0.05, 0.1) is 11.1 Å². The van der Waals surface area contributed by atoms with Crippen molar-refractivity contribution in [3.63, 3.8) is 0 Å². The van der Waals surface area contributed by atoms with Gasteiger partial charge in [-0.05, 0) is 24.3 Å². The van der Waals surface area contributed by atoms with E-state index in [1.807, 2.05) is 18.2 Å². The van der Waals surface area contributed by atoms with Gasteiger partial charge in [0.2, 0.25) is 0 Å². The predicted octanol–water partition coefficient (Wildman–Crippen LogP) is 3.00. The van der Waals surface area contributed by atoms with E-state index in [-0.39, 0.29) is 5.56 Å². The van der Waals surface area contributed by atoms with Crippen LogP contribution in [0.2, 0.25) is 0 Å². The summed E-state index contributed by atoms with van der Waals surface area (Å²) >= 11 is 0. The summed E-state index contributed by atoms with van der Waals surface area (Å²) in [5, 5.41) is 9.99. The molecule has 2 heterocycles. The van der Waals surface area contributed by atoms with Crippen LogP contribution < -0.4 is 0 Å². The third-order valence-corrected chi connectivity index (χ3v) is 2.92. The molecule has 4 nitrogen and oxygen atoms in total. The molecule has 0 saturated heterocycles. The third kappa shape index (κ3) is 2.04. The minimum absolute atomic E-state index is 0.249. The molecule has 4 heteroatoms. The Labute approximate surface area is 109 Å². The SMILES string of the molecule is O=C(O)c1cc(-c2cccnc2)c2ncccc2c1. The Bertz CT molecular complexity index is 754. The Hall–Kier alpha value is -2.75. The van der Waals surface area contributed by atoms with Gasteiger partial charge in [0.25, 0.3) is 0 Å². The second-order valence-corrected chi connectivity index (χ2v) is 4.15. The van der Waals surface area contributed by atoms with E-state index in [1.54, 1.807) is 36.8 Å². The largest absolute Gasteiger partial charge is 0.478 e. The van der Waals surface area contributed by atoms with Crippen molar-refractivity contribution >= 4 is 16.9 Å². The Morgan fingerprint density at radius 1 is 1.11 bits per heavy atom. The van der Waals surface area contributed by atoms with Gasteiger partial charge in [-0.1, -0.05) is 12.1 Å². The van der Waals surface area contributed by atoms with Crippen LogP contribution in [-0.4, -0.2) is 21.0 Å². The molecule has 1 aromatic carbocycles. The summed E-state index contributed by atoms with van der Waals surface area (Å²) in [6.45, 7) is 0. The molecular formula is C15H10N2O2. The van der Waals surface area contributed by atoms with Gasteiger partial charge in [0, 0.05) is 35.1 Å². The zero-order valence-electron chi connectivity index (χ0n) is 9.95. The first kappa shape index (κ1) is 11.3. The number of hydrogen-bond acceptors (Lipinski definition) is 3. The molecule has 0 unspecified atom stereocenters. The maximum atomic E-state index is 11.2. The fourth-order valence-electron chi connectivity index (χ4n) is 2.06. The molecule has 0 bridgehead atoms. The van der Waals surface area contributed by atoms with Gasteiger partial charge < -0.3 is 5.11 Å².